The van der Waals surface area contributed by atoms with Gasteiger partial charge in [0, 0.05) is 11.9 Å². The Labute approximate surface area is 124 Å². The van der Waals surface area contributed by atoms with E-state index in [9.17, 15) is 0 Å². The van der Waals surface area contributed by atoms with Gasteiger partial charge < -0.3 is 10.5 Å². The van der Waals surface area contributed by atoms with Gasteiger partial charge in [-0.1, -0.05) is 5.21 Å². The maximum Gasteiger partial charge on any atom is 0.119 e. The first-order chi connectivity index (χ1) is 9.78. The normalized spacial score (nSPS) is 10.7. The molecule has 1 aromatic heterocycles. The summed E-state index contributed by atoms with van der Waals surface area (Å²) in [6, 6.07) is 7.37. The van der Waals surface area contributed by atoms with Gasteiger partial charge in [-0.3, -0.25) is 0 Å². The molecule has 0 aliphatic carbocycles. The molecule has 0 amide bonds. The molecule has 0 fully saturated rings. The third-order valence-corrected chi connectivity index (χ3v) is 3.21. The lowest BCUT2D eigenvalue weighted by molar-refractivity contribution is 0.290. The van der Waals surface area contributed by atoms with Crippen molar-refractivity contribution in [2.45, 2.75) is 25.8 Å². The van der Waals surface area contributed by atoms with E-state index in [2.05, 4.69) is 22.9 Å². The Morgan fingerprint density at radius 2 is 2.00 bits per heavy atom. The molecule has 0 saturated heterocycles. The highest BCUT2D eigenvalue weighted by molar-refractivity contribution is 7.80. The number of aromatic nitrogens is 3. The summed E-state index contributed by atoms with van der Waals surface area (Å²) in [7, 11) is 0. The minimum absolute atomic E-state index is 0.559. The summed E-state index contributed by atoms with van der Waals surface area (Å²) in [6.45, 7) is 1.24. The van der Waals surface area contributed by atoms with E-state index in [0.29, 0.717) is 13.2 Å². The number of hydrogen-bond acceptors (Lipinski definition) is 5. The second kappa shape index (κ2) is 7.79. The zero-order chi connectivity index (χ0) is 14.2. The largest absolute Gasteiger partial charge is 0.492 e. The Kier molecular flexibility index (Phi) is 5.73. The van der Waals surface area contributed by atoms with Crippen molar-refractivity contribution in [3.63, 3.8) is 0 Å². The second-order valence-electron chi connectivity index (χ2n) is 4.57. The number of rotatable bonds is 8. The third-order valence-electron chi connectivity index (χ3n) is 2.90. The van der Waals surface area contributed by atoms with Gasteiger partial charge >= 0.3 is 0 Å². The Morgan fingerprint density at radius 1 is 1.20 bits per heavy atom. The fraction of sp³-hybridized carbons (Fsp3) is 0.429. The molecule has 2 aromatic rings. The summed E-state index contributed by atoms with van der Waals surface area (Å²) in [5, 5.41) is 8.23. The van der Waals surface area contributed by atoms with Crippen molar-refractivity contribution in [3.05, 3.63) is 36.2 Å². The van der Waals surface area contributed by atoms with Crippen molar-refractivity contribution in [1.82, 2.24) is 15.0 Å². The van der Waals surface area contributed by atoms with Crippen molar-refractivity contribution >= 4 is 18.3 Å². The zero-order valence-corrected chi connectivity index (χ0v) is 12.3. The smallest absolute Gasteiger partial charge is 0.119 e. The first kappa shape index (κ1) is 14.7. The van der Waals surface area contributed by atoms with Gasteiger partial charge in [-0.25, -0.2) is 4.68 Å². The van der Waals surface area contributed by atoms with Gasteiger partial charge in [0.05, 0.1) is 12.2 Å². The van der Waals surface area contributed by atoms with Crippen molar-refractivity contribution in [3.8, 4) is 5.75 Å². The number of nitrogens with two attached hydrogens (primary N) is 1. The van der Waals surface area contributed by atoms with Crippen LogP contribution in [0.3, 0.4) is 0 Å². The van der Waals surface area contributed by atoms with Crippen molar-refractivity contribution in [1.29, 1.82) is 0 Å². The number of unbranched alkanes of at least 4 members (excludes halogenated alkanes) is 1. The van der Waals surface area contributed by atoms with E-state index in [0.717, 1.165) is 42.1 Å². The van der Waals surface area contributed by atoms with E-state index < -0.39 is 0 Å². The van der Waals surface area contributed by atoms with Gasteiger partial charge in [0.15, 0.2) is 0 Å². The lowest BCUT2D eigenvalue weighted by Gasteiger charge is -2.05. The lowest BCUT2D eigenvalue weighted by atomic mass is 10.2. The van der Waals surface area contributed by atoms with Crippen molar-refractivity contribution < 1.29 is 4.74 Å². The quantitative estimate of drug-likeness (QED) is 0.445. The third kappa shape index (κ3) is 4.77. The fourth-order valence-corrected chi connectivity index (χ4v) is 2.02. The number of hydrogen-bond donors (Lipinski definition) is 2. The van der Waals surface area contributed by atoms with Gasteiger partial charge in [0.2, 0.25) is 0 Å². The summed E-state index contributed by atoms with van der Waals surface area (Å²) >= 11 is 4.19. The average Bonchev–Trinajstić information content (AvgIpc) is 2.89. The molecular formula is C14H20N4OS. The molecule has 5 nitrogen and oxygen atoms in total. The number of anilines is 1. The van der Waals surface area contributed by atoms with Crippen LogP contribution in [0, 0.1) is 0 Å². The van der Waals surface area contributed by atoms with E-state index in [-0.39, 0.29) is 0 Å². The molecule has 20 heavy (non-hydrogen) atoms. The standard InChI is InChI=1S/C14H20N4OS/c15-12-4-6-14(7-5-12)19-9-8-18-11-13(16-17-18)3-1-2-10-20/h4-7,11,20H,1-3,8-10,15H2. The maximum absolute atomic E-state index is 5.62. The summed E-state index contributed by atoms with van der Waals surface area (Å²) in [5.41, 5.74) is 7.38. The molecule has 1 heterocycles. The van der Waals surface area contributed by atoms with Crippen LogP contribution >= 0.6 is 12.6 Å². The molecule has 2 N–H and O–H groups in total. The first-order valence-electron chi connectivity index (χ1n) is 6.76. The average molecular weight is 292 g/mol. The summed E-state index contributed by atoms with van der Waals surface area (Å²) < 4.78 is 7.43. The van der Waals surface area contributed by atoms with Crippen LogP contribution in [0.2, 0.25) is 0 Å². The molecule has 6 heteroatoms. The molecular weight excluding hydrogens is 272 g/mol. The lowest BCUT2D eigenvalue weighted by Crippen LogP contribution is -2.08. The Hall–Kier alpha value is -1.69. The van der Waals surface area contributed by atoms with E-state index >= 15 is 0 Å². The Morgan fingerprint density at radius 3 is 2.75 bits per heavy atom. The van der Waals surface area contributed by atoms with Gasteiger partial charge in [-0.05, 0) is 49.3 Å². The van der Waals surface area contributed by atoms with Crippen molar-refractivity contribution in [2.24, 2.45) is 0 Å². The number of nitrogen functional groups attached to an aromatic ring is 1. The van der Waals surface area contributed by atoms with Crippen LogP contribution in [0.1, 0.15) is 18.5 Å². The zero-order valence-electron chi connectivity index (χ0n) is 11.4. The molecule has 1 aromatic carbocycles. The minimum atomic E-state index is 0.559. The Bertz CT molecular complexity index is 512. The maximum atomic E-state index is 5.62. The van der Waals surface area contributed by atoms with Crippen LogP contribution in [-0.4, -0.2) is 27.4 Å². The SMILES string of the molecule is Nc1ccc(OCCn2cc(CCCCS)nn2)cc1. The minimum Gasteiger partial charge on any atom is -0.492 e. The highest BCUT2D eigenvalue weighted by Crippen LogP contribution is 2.12. The summed E-state index contributed by atoms with van der Waals surface area (Å²) in [4.78, 5) is 0. The molecule has 0 saturated carbocycles. The molecule has 0 aliphatic rings. The van der Waals surface area contributed by atoms with Gasteiger partial charge in [0.1, 0.15) is 12.4 Å². The monoisotopic (exact) mass is 292 g/mol. The van der Waals surface area contributed by atoms with E-state index in [1.54, 1.807) is 0 Å². The molecule has 0 aliphatic heterocycles. The van der Waals surface area contributed by atoms with Crippen LogP contribution in [0.4, 0.5) is 5.69 Å². The van der Waals surface area contributed by atoms with E-state index in [1.807, 2.05) is 35.1 Å². The number of ether oxygens (including phenoxy) is 1. The van der Waals surface area contributed by atoms with Crippen LogP contribution in [0.25, 0.3) is 0 Å². The molecule has 0 bridgehead atoms. The number of benzene rings is 1. The predicted molar refractivity (Wildman–Crippen MR) is 83.2 cm³/mol. The molecule has 108 valence electrons. The molecule has 0 atom stereocenters. The first-order valence-corrected chi connectivity index (χ1v) is 7.39. The Balaban J connectivity index is 1.72. The van der Waals surface area contributed by atoms with Gasteiger partial charge in [-0.15, -0.1) is 5.10 Å². The predicted octanol–water partition coefficient (Wildman–Crippen LogP) is 2.19. The number of aryl methyl sites for hydroxylation is 1. The van der Waals surface area contributed by atoms with Crippen LogP contribution < -0.4 is 10.5 Å². The molecule has 0 unspecified atom stereocenters. The topological polar surface area (TPSA) is 66.0 Å². The molecule has 2 rings (SSSR count). The van der Waals surface area contributed by atoms with Gasteiger partial charge in [-0.2, -0.15) is 12.6 Å². The fourth-order valence-electron chi connectivity index (χ4n) is 1.80. The summed E-state index contributed by atoms with van der Waals surface area (Å²) in [5.74, 6) is 1.73. The van der Waals surface area contributed by atoms with Crippen LogP contribution in [-0.2, 0) is 13.0 Å². The number of nitrogens with zero attached hydrogens (tertiary/aromatic N) is 3. The molecule has 0 radical (unpaired) electrons. The second-order valence-corrected chi connectivity index (χ2v) is 5.02. The van der Waals surface area contributed by atoms with Crippen LogP contribution in [0.5, 0.6) is 5.75 Å². The highest BCUT2D eigenvalue weighted by Gasteiger charge is 2.01. The number of thiol groups is 1. The summed E-state index contributed by atoms with van der Waals surface area (Å²) in [6.07, 6.45) is 5.14. The van der Waals surface area contributed by atoms with Gasteiger partial charge in [0.25, 0.3) is 0 Å². The van der Waals surface area contributed by atoms with E-state index in [1.165, 1.54) is 0 Å². The van der Waals surface area contributed by atoms with Crippen molar-refractivity contribution in [2.75, 3.05) is 18.1 Å². The highest BCUT2D eigenvalue weighted by atomic mass is 32.1. The molecule has 0 spiro atoms. The van der Waals surface area contributed by atoms with E-state index in [4.69, 9.17) is 10.5 Å². The van der Waals surface area contributed by atoms with Crippen LogP contribution in [0.15, 0.2) is 30.5 Å².